The maximum Gasteiger partial charge on any atom is 0.418 e. The molecule has 2 aromatic heterocycles. The molecule has 0 N–H and O–H groups in total. The number of methoxy groups -OCH3 is 1. The minimum atomic E-state index is -4.33. The summed E-state index contributed by atoms with van der Waals surface area (Å²) in [6.07, 6.45) is -2.75. The lowest BCUT2D eigenvalue weighted by atomic mass is 10.1. The van der Waals surface area contributed by atoms with Gasteiger partial charge in [-0.2, -0.15) is 13.2 Å². The van der Waals surface area contributed by atoms with Crippen LogP contribution in [-0.4, -0.2) is 11.5 Å². The molecule has 0 amide bonds. The summed E-state index contributed by atoms with van der Waals surface area (Å²) in [7, 11) is 1.49. The lowest BCUT2D eigenvalue weighted by molar-refractivity contribution is -0.138. The van der Waals surface area contributed by atoms with Gasteiger partial charge >= 0.3 is 6.18 Å². The Morgan fingerprint density at radius 3 is 2.39 bits per heavy atom. The van der Waals surface area contributed by atoms with Crippen molar-refractivity contribution in [1.82, 2.24) is 4.40 Å². The Morgan fingerprint density at radius 1 is 1.22 bits per heavy atom. The summed E-state index contributed by atoms with van der Waals surface area (Å²) in [6, 6.07) is 4.45. The summed E-state index contributed by atoms with van der Waals surface area (Å²) in [5, 5.41) is 0. The molecule has 2 aromatic rings. The number of ether oxygens (including phenoxy) is 1. The Hall–Kier alpha value is -1.65. The number of halogens is 3. The van der Waals surface area contributed by atoms with E-state index in [-0.39, 0.29) is 11.6 Å². The molecule has 0 aromatic carbocycles. The highest BCUT2D eigenvalue weighted by atomic mass is 19.4. The van der Waals surface area contributed by atoms with Gasteiger partial charge in [-0.15, -0.1) is 0 Å². The van der Waals surface area contributed by atoms with Crippen molar-refractivity contribution in [1.29, 1.82) is 0 Å². The molecule has 0 radical (unpaired) electrons. The zero-order valence-electron chi connectivity index (χ0n) is 10.4. The molecule has 0 saturated heterocycles. The third kappa shape index (κ3) is 2.05. The summed E-state index contributed by atoms with van der Waals surface area (Å²) in [5.41, 5.74) is 0.203. The molecule has 0 bridgehead atoms. The fourth-order valence-electron chi connectivity index (χ4n) is 2.11. The molecule has 0 unspecified atom stereocenters. The normalized spacial score (nSPS) is 12.4. The van der Waals surface area contributed by atoms with Crippen LogP contribution in [0.1, 0.15) is 31.0 Å². The van der Waals surface area contributed by atoms with Gasteiger partial charge in [-0.05, 0) is 24.1 Å². The average molecular weight is 257 g/mol. The number of alkyl halides is 3. The predicted molar refractivity (Wildman–Crippen MR) is 63.0 cm³/mol. The van der Waals surface area contributed by atoms with Gasteiger partial charge in [0.2, 0.25) is 0 Å². The first kappa shape index (κ1) is 12.8. The summed E-state index contributed by atoms with van der Waals surface area (Å²) < 4.78 is 45.6. The number of nitrogens with zero attached hydrogens (tertiary/aromatic N) is 1. The second-order valence-corrected chi connectivity index (χ2v) is 4.46. The number of fused-ring (bicyclic) bond motifs is 1. The quantitative estimate of drug-likeness (QED) is 0.790. The molecule has 98 valence electrons. The molecule has 2 heterocycles. The Kier molecular flexibility index (Phi) is 3.00. The van der Waals surface area contributed by atoms with Crippen LogP contribution in [0.4, 0.5) is 13.2 Å². The van der Waals surface area contributed by atoms with Crippen molar-refractivity contribution in [2.45, 2.75) is 25.9 Å². The SMILES string of the molecule is COc1ccc2cc(C(F)(F)F)c(C(C)C)n2c1. The number of aromatic nitrogens is 1. The second-order valence-electron chi connectivity index (χ2n) is 4.46. The first-order valence-corrected chi connectivity index (χ1v) is 5.60. The van der Waals surface area contributed by atoms with Gasteiger partial charge < -0.3 is 9.14 Å². The molecule has 2 nitrogen and oxygen atoms in total. The van der Waals surface area contributed by atoms with Gasteiger partial charge in [-0.3, -0.25) is 0 Å². The monoisotopic (exact) mass is 257 g/mol. The Morgan fingerprint density at radius 2 is 1.89 bits per heavy atom. The van der Waals surface area contributed by atoms with Crippen LogP contribution < -0.4 is 4.74 Å². The van der Waals surface area contributed by atoms with E-state index in [1.54, 1.807) is 36.6 Å². The van der Waals surface area contributed by atoms with E-state index in [4.69, 9.17) is 4.74 Å². The fraction of sp³-hybridized carbons (Fsp3) is 0.385. The van der Waals surface area contributed by atoms with Gasteiger partial charge in [0.15, 0.2) is 0 Å². The number of pyridine rings is 1. The molecule has 0 saturated carbocycles. The third-order valence-electron chi connectivity index (χ3n) is 2.87. The number of hydrogen-bond acceptors (Lipinski definition) is 1. The average Bonchev–Trinajstić information content (AvgIpc) is 2.66. The largest absolute Gasteiger partial charge is 0.495 e. The maximum absolute atomic E-state index is 13.0. The molecule has 18 heavy (non-hydrogen) atoms. The van der Waals surface area contributed by atoms with Crippen LogP contribution in [0, 0.1) is 0 Å². The van der Waals surface area contributed by atoms with Crippen molar-refractivity contribution in [2.75, 3.05) is 7.11 Å². The van der Waals surface area contributed by atoms with E-state index in [2.05, 4.69) is 0 Å². The Balaban J connectivity index is 2.77. The van der Waals surface area contributed by atoms with E-state index in [1.165, 1.54) is 13.2 Å². The molecule has 0 spiro atoms. The van der Waals surface area contributed by atoms with Crippen molar-refractivity contribution in [3.8, 4) is 5.75 Å². The van der Waals surface area contributed by atoms with Gasteiger partial charge in [-0.1, -0.05) is 13.8 Å². The summed E-state index contributed by atoms with van der Waals surface area (Å²) >= 11 is 0. The van der Waals surface area contributed by atoms with E-state index in [1.807, 2.05) is 0 Å². The Labute approximate surface area is 103 Å². The lowest BCUT2D eigenvalue weighted by Gasteiger charge is -2.12. The Bertz CT molecular complexity index is 569. The van der Waals surface area contributed by atoms with Crippen molar-refractivity contribution in [3.63, 3.8) is 0 Å². The standard InChI is InChI=1S/C13H14F3NO/c1-8(2)12-11(13(14,15)16)6-9-4-5-10(18-3)7-17(9)12/h4-8H,1-3H3. The summed E-state index contributed by atoms with van der Waals surface area (Å²) in [4.78, 5) is 0. The molecule has 0 atom stereocenters. The molecule has 0 aliphatic carbocycles. The highest BCUT2D eigenvalue weighted by Crippen LogP contribution is 2.37. The zero-order chi connectivity index (χ0) is 13.5. The minimum Gasteiger partial charge on any atom is -0.495 e. The molecule has 5 heteroatoms. The van der Waals surface area contributed by atoms with E-state index in [0.717, 1.165) is 0 Å². The zero-order valence-corrected chi connectivity index (χ0v) is 10.4. The summed E-state index contributed by atoms with van der Waals surface area (Å²) in [6.45, 7) is 3.49. The minimum absolute atomic E-state index is 0.226. The second kappa shape index (κ2) is 4.23. The first-order chi connectivity index (χ1) is 8.34. The highest BCUT2D eigenvalue weighted by Gasteiger charge is 2.36. The van der Waals surface area contributed by atoms with E-state index >= 15 is 0 Å². The number of rotatable bonds is 2. The predicted octanol–water partition coefficient (Wildman–Crippen LogP) is 4.09. The van der Waals surface area contributed by atoms with Crippen LogP contribution in [0.25, 0.3) is 5.52 Å². The smallest absolute Gasteiger partial charge is 0.418 e. The van der Waals surface area contributed by atoms with Crippen molar-refractivity contribution in [2.24, 2.45) is 0 Å². The molecular weight excluding hydrogens is 243 g/mol. The maximum atomic E-state index is 13.0. The van der Waals surface area contributed by atoms with Crippen LogP contribution in [0.15, 0.2) is 24.4 Å². The summed E-state index contributed by atoms with van der Waals surface area (Å²) in [5.74, 6) is 0.310. The van der Waals surface area contributed by atoms with E-state index in [0.29, 0.717) is 11.3 Å². The molecule has 2 rings (SSSR count). The van der Waals surface area contributed by atoms with Crippen LogP contribution in [0.2, 0.25) is 0 Å². The molecule has 0 aliphatic rings. The fourth-order valence-corrected chi connectivity index (χ4v) is 2.11. The van der Waals surface area contributed by atoms with Crippen LogP contribution >= 0.6 is 0 Å². The first-order valence-electron chi connectivity index (χ1n) is 5.60. The highest BCUT2D eigenvalue weighted by molar-refractivity contribution is 5.56. The van der Waals surface area contributed by atoms with Crippen LogP contribution in [0.5, 0.6) is 5.75 Å². The van der Waals surface area contributed by atoms with Gasteiger partial charge in [0.1, 0.15) is 5.75 Å². The molecular formula is C13H14F3NO. The van der Waals surface area contributed by atoms with Crippen LogP contribution in [-0.2, 0) is 6.18 Å². The molecule has 0 aliphatic heterocycles. The lowest BCUT2D eigenvalue weighted by Crippen LogP contribution is -2.09. The van der Waals surface area contributed by atoms with Gasteiger partial charge in [0, 0.05) is 11.2 Å². The van der Waals surface area contributed by atoms with Crippen molar-refractivity contribution < 1.29 is 17.9 Å². The van der Waals surface area contributed by atoms with E-state index < -0.39 is 11.7 Å². The topological polar surface area (TPSA) is 13.6 Å². The van der Waals surface area contributed by atoms with Gasteiger partial charge in [-0.25, -0.2) is 0 Å². The van der Waals surface area contributed by atoms with Crippen molar-refractivity contribution >= 4 is 5.52 Å². The number of hydrogen-bond donors (Lipinski definition) is 0. The van der Waals surface area contributed by atoms with E-state index in [9.17, 15) is 13.2 Å². The van der Waals surface area contributed by atoms with Crippen molar-refractivity contribution in [3.05, 3.63) is 35.7 Å². The molecule has 0 fully saturated rings. The van der Waals surface area contributed by atoms with Gasteiger partial charge in [0.05, 0.1) is 18.9 Å². The van der Waals surface area contributed by atoms with Crippen LogP contribution in [0.3, 0.4) is 0 Å². The third-order valence-corrected chi connectivity index (χ3v) is 2.87. The van der Waals surface area contributed by atoms with Gasteiger partial charge in [0.25, 0.3) is 0 Å².